The summed E-state index contributed by atoms with van der Waals surface area (Å²) in [6.07, 6.45) is 3.60. The molecule has 3 N–H and O–H groups in total. The van der Waals surface area contributed by atoms with Crippen molar-refractivity contribution in [2.45, 2.75) is 58.4 Å². The number of nitrogens with one attached hydrogen (secondary N) is 2. The molecule has 0 radical (unpaired) electrons. The SMILES string of the molecule is CC(C)C[C@H](CO)Nc1nc(CCCC(C)c2ccccc2F)nc(NS(C)(=O)=O)n1. The first-order valence-electron chi connectivity index (χ1n) is 10.4. The first kappa shape index (κ1) is 24.9. The lowest BCUT2D eigenvalue weighted by atomic mass is 9.95. The van der Waals surface area contributed by atoms with E-state index in [-0.39, 0.29) is 36.3 Å². The third-order valence-electron chi connectivity index (χ3n) is 4.74. The van der Waals surface area contributed by atoms with Crippen molar-refractivity contribution in [3.8, 4) is 0 Å². The van der Waals surface area contributed by atoms with E-state index in [2.05, 4.69) is 25.0 Å². The summed E-state index contributed by atoms with van der Waals surface area (Å²) in [5.74, 6) is 0.710. The van der Waals surface area contributed by atoms with Crippen LogP contribution in [-0.2, 0) is 16.4 Å². The molecule has 2 rings (SSSR count). The molecule has 0 bridgehead atoms. The van der Waals surface area contributed by atoms with Gasteiger partial charge < -0.3 is 10.4 Å². The van der Waals surface area contributed by atoms with Gasteiger partial charge in [-0.25, -0.2) is 12.8 Å². The molecule has 1 unspecified atom stereocenters. The van der Waals surface area contributed by atoms with E-state index in [1.54, 1.807) is 12.1 Å². The van der Waals surface area contributed by atoms with E-state index in [9.17, 15) is 17.9 Å². The number of aromatic nitrogens is 3. The Hall–Kier alpha value is -2.33. The topological polar surface area (TPSA) is 117 Å². The van der Waals surface area contributed by atoms with E-state index in [0.29, 0.717) is 36.6 Å². The maximum Gasteiger partial charge on any atom is 0.241 e. The molecule has 172 valence electrons. The Kier molecular flexibility index (Phi) is 9.12. The minimum Gasteiger partial charge on any atom is -0.394 e. The van der Waals surface area contributed by atoms with E-state index >= 15 is 0 Å². The minimum atomic E-state index is -3.56. The summed E-state index contributed by atoms with van der Waals surface area (Å²) in [7, 11) is -3.56. The molecule has 2 atom stereocenters. The van der Waals surface area contributed by atoms with Gasteiger partial charge in [0.25, 0.3) is 0 Å². The van der Waals surface area contributed by atoms with Crippen LogP contribution in [0.4, 0.5) is 16.3 Å². The number of benzene rings is 1. The second kappa shape index (κ2) is 11.3. The van der Waals surface area contributed by atoms with Crippen LogP contribution in [-0.4, -0.2) is 47.4 Å². The zero-order valence-corrected chi connectivity index (χ0v) is 19.3. The summed E-state index contributed by atoms with van der Waals surface area (Å²) >= 11 is 0. The molecule has 0 spiro atoms. The lowest BCUT2D eigenvalue weighted by Crippen LogP contribution is -2.27. The van der Waals surface area contributed by atoms with Crippen LogP contribution in [0.1, 0.15) is 57.3 Å². The standard InChI is InChI=1S/C21H32FN5O3S/c1-14(2)12-16(13-28)23-20-24-19(25-21(26-20)27-31(4,29)30)11-7-8-15(3)17-9-5-6-10-18(17)22/h5-6,9-10,14-16,28H,7-8,11-13H2,1-4H3,(H2,23,24,25,26,27)/t15?,16-/m1/s1. The highest BCUT2D eigenvalue weighted by atomic mass is 32.2. The highest BCUT2D eigenvalue weighted by Crippen LogP contribution is 2.24. The largest absolute Gasteiger partial charge is 0.394 e. The van der Waals surface area contributed by atoms with Gasteiger partial charge in [-0.2, -0.15) is 15.0 Å². The van der Waals surface area contributed by atoms with Crippen molar-refractivity contribution in [2.24, 2.45) is 5.92 Å². The monoisotopic (exact) mass is 453 g/mol. The molecule has 1 heterocycles. The van der Waals surface area contributed by atoms with Crippen LogP contribution in [0.15, 0.2) is 24.3 Å². The normalized spacial score (nSPS) is 13.8. The second-order valence-corrected chi connectivity index (χ2v) is 9.99. The van der Waals surface area contributed by atoms with Crippen molar-refractivity contribution in [1.82, 2.24) is 15.0 Å². The molecule has 31 heavy (non-hydrogen) atoms. The summed E-state index contributed by atoms with van der Waals surface area (Å²) in [4.78, 5) is 12.7. The summed E-state index contributed by atoms with van der Waals surface area (Å²) in [6, 6.07) is 6.45. The van der Waals surface area contributed by atoms with Crippen LogP contribution < -0.4 is 10.0 Å². The zero-order valence-electron chi connectivity index (χ0n) is 18.5. The predicted molar refractivity (Wildman–Crippen MR) is 120 cm³/mol. The number of nitrogens with zero attached hydrogens (tertiary/aromatic N) is 3. The fraction of sp³-hybridized carbons (Fsp3) is 0.571. The Morgan fingerprint density at radius 2 is 1.77 bits per heavy atom. The molecule has 0 aliphatic heterocycles. The van der Waals surface area contributed by atoms with Gasteiger partial charge in [-0.05, 0) is 42.7 Å². The first-order valence-corrected chi connectivity index (χ1v) is 12.3. The molecule has 0 aliphatic carbocycles. The Morgan fingerprint density at radius 1 is 1.10 bits per heavy atom. The predicted octanol–water partition coefficient (Wildman–Crippen LogP) is 3.33. The van der Waals surface area contributed by atoms with Crippen LogP contribution in [0.5, 0.6) is 0 Å². The zero-order chi connectivity index (χ0) is 23.0. The van der Waals surface area contributed by atoms with E-state index in [4.69, 9.17) is 0 Å². The number of sulfonamides is 1. The Balaban J connectivity index is 2.13. The fourth-order valence-corrected chi connectivity index (χ4v) is 3.76. The molecule has 8 nitrogen and oxygen atoms in total. The third kappa shape index (κ3) is 8.74. The van der Waals surface area contributed by atoms with Gasteiger partial charge in [-0.15, -0.1) is 0 Å². The van der Waals surface area contributed by atoms with Crippen molar-refractivity contribution in [2.75, 3.05) is 22.9 Å². The summed E-state index contributed by atoms with van der Waals surface area (Å²) in [6.45, 7) is 5.94. The lowest BCUT2D eigenvalue weighted by Gasteiger charge is -2.19. The van der Waals surface area contributed by atoms with E-state index in [1.807, 2.05) is 26.8 Å². The van der Waals surface area contributed by atoms with E-state index < -0.39 is 10.0 Å². The quantitative estimate of drug-likeness (QED) is 0.451. The van der Waals surface area contributed by atoms with Gasteiger partial charge in [0.15, 0.2) is 0 Å². The van der Waals surface area contributed by atoms with Gasteiger partial charge in [-0.3, -0.25) is 4.72 Å². The van der Waals surface area contributed by atoms with Crippen LogP contribution >= 0.6 is 0 Å². The summed E-state index contributed by atoms with van der Waals surface area (Å²) in [5, 5.41) is 12.7. The summed E-state index contributed by atoms with van der Waals surface area (Å²) in [5.41, 5.74) is 0.666. The van der Waals surface area contributed by atoms with Crippen molar-refractivity contribution < 1.29 is 17.9 Å². The lowest BCUT2D eigenvalue weighted by molar-refractivity contribution is 0.259. The Bertz CT molecular complexity index is 956. The van der Waals surface area contributed by atoms with Gasteiger partial charge in [0, 0.05) is 6.42 Å². The maximum absolute atomic E-state index is 14.0. The molecule has 0 saturated heterocycles. The van der Waals surface area contributed by atoms with E-state index in [1.165, 1.54) is 6.07 Å². The second-order valence-electron chi connectivity index (χ2n) is 8.24. The van der Waals surface area contributed by atoms with Gasteiger partial charge in [0.1, 0.15) is 11.6 Å². The van der Waals surface area contributed by atoms with Gasteiger partial charge in [-0.1, -0.05) is 39.0 Å². The molecular formula is C21H32FN5O3S. The molecule has 2 aromatic rings. The van der Waals surface area contributed by atoms with Crippen LogP contribution in [0.2, 0.25) is 0 Å². The van der Waals surface area contributed by atoms with Crippen molar-refractivity contribution in [3.05, 3.63) is 41.5 Å². The van der Waals surface area contributed by atoms with Crippen LogP contribution in [0.3, 0.4) is 0 Å². The number of aliphatic hydroxyl groups excluding tert-OH is 1. The van der Waals surface area contributed by atoms with Crippen LogP contribution in [0.25, 0.3) is 0 Å². The van der Waals surface area contributed by atoms with Crippen molar-refractivity contribution >= 4 is 21.9 Å². The van der Waals surface area contributed by atoms with Gasteiger partial charge >= 0.3 is 0 Å². The average molecular weight is 454 g/mol. The van der Waals surface area contributed by atoms with Gasteiger partial charge in [0.2, 0.25) is 21.9 Å². The first-order chi connectivity index (χ1) is 14.6. The molecule has 1 aromatic carbocycles. The van der Waals surface area contributed by atoms with Gasteiger partial charge in [0.05, 0.1) is 18.9 Å². The molecular weight excluding hydrogens is 421 g/mol. The van der Waals surface area contributed by atoms with Crippen molar-refractivity contribution in [3.63, 3.8) is 0 Å². The molecule has 10 heteroatoms. The Morgan fingerprint density at radius 3 is 2.39 bits per heavy atom. The third-order valence-corrected chi connectivity index (χ3v) is 5.29. The highest BCUT2D eigenvalue weighted by molar-refractivity contribution is 7.91. The average Bonchev–Trinajstić information content (AvgIpc) is 2.65. The highest BCUT2D eigenvalue weighted by Gasteiger charge is 2.16. The molecule has 0 amide bonds. The number of rotatable bonds is 12. The van der Waals surface area contributed by atoms with Crippen molar-refractivity contribution in [1.29, 1.82) is 0 Å². The number of anilines is 2. The molecule has 0 saturated carbocycles. The number of aryl methyl sites for hydroxylation is 1. The molecule has 0 fully saturated rings. The van der Waals surface area contributed by atoms with E-state index in [0.717, 1.165) is 12.7 Å². The van der Waals surface area contributed by atoms with Crippen LogP contribution in [0, 0.1) is 11.7 Å². The minimum absolute atomic E-state index is 0.0269. The molecule has 1 aromatic heterocycles. The number of aliphatic hydroxyl groups is 1. The fourth-order valence-electron chi connectivity index (χ4n) is 3.33. The number of hydrogen-bond acceptors (Lipinski definition) is 7. The number of hydrogen-bond donors (Lipinski definition) is 3. The summed E-state index contributed by atoms with van der Waals surface area (Å²) < 4.78 is 39.5. The smallest absolute Gasteiger partial charge is 0.241 e. The Labute approximate surface area is 183 Å². The maximum atomic E-state index is 14.0. The molecule has 0 aliphatic rings. The number of halogens is 1.